The fourth-order valence-electron chi connectivity index (χ4n) is 2.33. The standard InChI is InChI=1S/C13H7Cl3F8N4O2S2/c1-31(29,30)27(5-13(17,18)19)11-9(4-25)26-28(12(11)16)10-7(14)2-6(3-8(10)15)32(20,21,22,23)24/h2-3H,5H2,1H3. The Bertz CT molecular complexity index is 1230. The van der Waals surface area contributed by atoms with Gasteiger partial charge in [-0.3, -0.25) is 4.31 Å². The van der Waals surface area contributed by atoms with E-state index in [1.807, 2.05) is 0 Å². The molecule has 0 radical (unpaired) electrons. The lowest BCUT2D eigenvalue weighted by atomic mass is 10.3. The molecule has 1 aromatic carbocycles. The first-order chi connectivity index (χ1) is 14.0. The normalized spacial score (nSPS) is 15.1. The molecule has 0 spiro atoms. The van der Waals surface area contributed by atoms with Crippen molar-refractivity contribution in [1.82, 2.24) is 9.78 Å². The lowest BCUT2D eigenvalue weighted by Gasteiger charge is -2.40. The van der Waals surface area contributed by atoms with Gasteiger partial charge in [0.25, 0.3) is 0 Å². The number of anilines is 1. The average Bonchev–Trinajstić information content (AvgIpc) is 2.84. The van der Waals surface area contributed by atoms with Crippen molar-refractivity contribution >= 4 is 60.7 Å². The maximum Gasteiger partial charge on any atom is 0.407 e. The van der Waals surface area contributed by atoms with Crippen LogP contribution in [0.25, 0.3) is 5.69 Å². The second-order valence-corrected chi connectivity index (χ2v) is 11.6. The molecule has 2 aromatic rings. The van der Waals surface area contributed by atoms with Crippen molar-refractivity contribution in [1.29, 1.82) is 5.26 Å². The molecule has 1 heterocycles. The Morgan fingerprint density at radius 2 is 1.59 bits per heavy atom. The van der Waals surface area contributed by atoms with Gasteiger partial charge in [-0.2, -0.15) is 23.5 Å². The number of nitriles is 1. The van der Waals surface area contributed by atoms with Crippen molar-refractivity contribution in [2.75, 3.05) is 17.1 Å². The van der Waals surface area contributed by atoms with Crippen LogP contribution in [-0.4, -0.2) is 37.2 Å². The minimum absolute atomic E-state index is 0.224. The predicted octanol–water partition coefficient (Wildman–Crippen LogP) is 6.69. The van der Waals surface area contributed by atoms with Crippen LogP contribution in [0.5, 0.6) is 0 Å². The van der Waals surface area contributed by atoms with Crippen LogP contribution in [0.4, 0.5) is 38.3 Å². The van der Waals surface area contributed by atoms with E-state index >= 15 is 0 Å². The monoisotopic (exact) mass is 572 g/mol. The van der Waals surface area contributed by atoms with Gasteiger partial charge in [-0.1, -0.05) is 54.2 Å². The summed E-state index contributed by atoms with van der Waals surface area (Å²) in [5.41, 5.74) is -2.92. The van der Waals surface area contributed by atoms with Gasteiger partial charge in [0.1, 0.15) is 28.9 Å². The van der Waals surface area contributed by atoms with E-state index in [2.05, 4.69) is 5.10 Å². The van der Waals surface area contributed by atoms with Crippen molar-refractivity contribution in [3.8, 4) is 11.8 Å². The zero-order valence-electron chi connectivity index (χ0n) is 14.9. The smallest absolute Gasteiger partial charge is 0.255 e. The molecule has 0 bridgehead atoms. The number of hydrogen-bond donors (Lipinski definition) is 0. The Morgan fingerprint density at radius 3 is 1.94 bits per heavy atom. The van der Waals surface area contributed by atoms with E-state index in [4.69, 9.17) is 34.8 Å². The Morgan fingerprint density at radius 1 is 1.12 bits per heavy atom. The van der Waals surface area contributed by atoms with E-state index in [0.717, 1.165) is 0 Å². The van der Waals surface area contributed by atoms with Gasteiger partial charge in [0.05, 0.1) is 16.3 Å². The Balaban J connectivity index is 2.84. The molecule has 0 unspecified atom stereocenters. The first-order valence-electron chi connectivity index (χ1n) is 7.43. The molecule has 0 aliphatic carbocycles. The van der Waals surface area contributed by atoms with Gasteiger partial charge in [0.15, 0.2) is 10.8 Å². The molecule has 19 heteroatoms. The number of benzene rings is 1. The molecule has 0 amide bonds. The van der Waals surface area contributed by atoms with Gasteiger partial charge in [0.2, 0.25) is 10.0 Å². The van der Waals surface area contributed by atoms with Crippen molar-refractivity contribution in [3.63, 3.8) is 0 Å². The summed E-state index contributed by atoms with van der Waals surface area (Å²) in [4.78, 5) is -2.48. The van der Waals surface area contributed by atoms with Gasteiger partial charge in [-0.25, -0.2) is 13.1 Å². The number of aromatic nitrogens is 2. The summed E-state index contributed by atoms with van der Waals surface area (Å²) in [7, 11) is -15.0. The molecular formula is C13H7Cl3F8N4O2S2. The summed E-state index contributed by atoms with van der Waals surface area (Å²) < 4.78 is 128. The summed E-state index contributed by atoms with van der Waals surface area (Å²) in [5.74, 6) is 0. The fraction of sp³-hybridized carbons (Fsp3) is 0.231. The quantitative estimate of drug-likeness (QED) is 0.374. The molecule has 1 aromatic heterocycles. The third-order valence-electron chi connectivity index (χ3n) is 3.53. The van der Waals surface area contributed by atoms with E-state index in [-0.39, 0.29) is 21.1 Å². The van der Waals surface area contributed by atoms with E-state index in [0.29, 0.717) is 6.26 Å². The molecule has 6 nitrogen and oxygen atoms in total. The highest BCUT2D eigenvalue weighted by Gasteiger charge is 2.65. The van der Waals surface area contributed by atoms with Crippen LogP contribution in [0.15, 0.2) is 17.0 Å². The van der Waals surface area contributed by atoms with Crippen molar-refractivity contribution in [2.24, 2.45) is 0 Å². The maximum atomic E-state index is 13.0. The van der Waals surface area contributed by atoms with E-state index < -0.39 is 70.1 Å². The zero-order valence-corrected chi connectivity index (χ0v) is 18.8. The van der Waals surface area contributed by atoms with Gasteiger partial charge >= 0.3 is 16.4 Å². The maximum absolute atomic E-state index is 13.0. The molecule has 0 N–H and O–H groups in total. The van der Waals surface area contributed by atoms with Gasteiger partial charge in [0, 0.05) is 0 Å². The molecule has 0 aliphatic heterocycles. The molecule has 0 fully saturated rings. The SMILES string of the molecule is CS(=O)(=O)N(CC(F)(F)F)c1c(C#N)nn(-c2c(Cl)cc(S(F)(F)(F)(F)F)cc2Cl)c1Cl. The van der Waals surface area contributed by atoms with Crippen LogP contribution in [-0.2, 0) is 10.0 Å². The second kappa shape index (κ2) is 7.16. The molecule has 0 atom stereocenters. The number of hydrogen-bond acceptors (Lipinski definition) is 4. The van der Waals surface area contributed by atoms with Crippen LogP contribution in [0, 0.1) is 11.3 Å². The number of nitrogens with zero attached hydrogens (tertiary/aromatic N) is 4. The van der Waals surface area contributed by atoms with Crippen LogP contribution in [0.2, 0.25) is 15.2 Å². The predicted molar refractivity (Wildman–Crippen MR) is 103 cm³/mol. The second-order valence-electron chi connectivity index (χ2n) is 6.10. The molecule has 180 valence electrons. The molecule has 32 heavy (non-hydrogen) atoms. The first-order valence-corrected chi connectivity index (χ1v) is 12.4. The van der Waals surface area contributed by atoms with Crippen LogP contribution >= 0.6 is 45.0 Å². The molecule has 0 aliphatic rings. The topological polar surface area (TPSA) is 79.0 Å². The lowest BCUT2D eigenvalue weighted by molar-refractivity contribution is -0.117. The third-order valence-corrected chi connectivity index (χ3v) is 6.69. The summed E-state index contributed by atoms with van der Waals surface area (Å²) >= 11 is 17.2. The Labute approximate surface area is 189 Å². The number of halogens is 11. The van der Waals surface area contributed by atoms with Crippen LogP contribution in [0.3, 0.4) is 0 Å². The van der Waals surface area contributed by atoms with E-state index in [9.17, 15) is 46.3 Å². The van der Waals surface area contributed by atoms with Crippen LogP contribution in [0.1, 0.15) is 5.69 Å². The largest absolute Gasteiger partial charge is 0.407 e. The number of rotatable bonds is 5. The van der Waals surface area contributed by atoms with Crippen molar-refractivity contribution in [3.05, 3.63) is 33.0 Å². The molecule has 2 rings (SSSR count). The molecule has 0 saturated carbocycles. The summed E-state index contributed by atoms with van der Waals surface area (Å²) in [6.07, 6.45) is -4.75. The number of sulfonamides is 1. The molecular weight excluding hydrogens is 567 g/mol. The first kappa shape index (κ1) is 26.6. The zero-order chi connectivity index (χ0) is 25.1. The van der Waals surface area contributed by atoms with Crippen LogP contribution < -0.4 is 4.31 Å². The summed E-state index contributed by atoms with van der Waals surface area (Å²) in [5, 5.41) is 9.34. The van der Waals surface area contributed by atoms with Crippen molar-refractivity contribution < 1.29 is 41.0 Å². The van der Waals surface area contributed by atoms with Crippen molar-refractivity contribution in [2.45, 2.75) is 11.1 Å². The molecule has 0 saturated heterocycles. The highest BCUT2D eigenvalue weighted by Crippen LogP contribution is 3.02. The minimum Gasteiger partial charge on any atom is -0.255 e. The highest BCUT2D eigenvalue weighted by molar-refractivity contribution is 8.45. The summed E-state index contributed by atoms with van der Waals surface area (Å²) in [6.45, 7) is -2.14. The fourth-order valence-corrected chi connectivity index (χ4v) is 5.03. The van der Waals surface area contributed by atoms with E-state index in [1.165, 1.54) is 6.07 Å². The Kier molecular flexibility index (Phi) is 5.95. The Hall–Kier alpha value is -1.67. The third kappa shape index (κ3) is 5.63. The van der Waals surface area contributed by atoms with E-state index in [1.54, 1.807) is 0 Å². The van der Waals surface area contributed by atoms with Gasteiger partial charge < -0.3 is 0 Å². The minimum atomic E-state index is -10.2. The summed E-state index contributed by atoms with van der Waals surface area (Å²) in [6, 6.07) is 0.833. The number of alkyl halides is 3. The average molecular weight is 574 g/mol. The highest BCUT2D eigenvalue weighted by atomic mass is 35.5. The van der Waals surface area contributed by atoms with Gasteiger partial charge in [-0.15, -0.1) is 0 Å². The van der Waals surface area contributed by atoms with Gasteiger partial charge in [-0.05, 0) is 12.1 Å². The lowest BCUT2D eigenvalue weighted by Crippen LogP contribution is -2.38.